The molecule has 0 saturated carbocycles. The average Bonchev–Trinajstić information content (AvgIpc) is 2.99. The summed E-state index contributed by atoms with van der Waals surface area (Å²) in [4.78, 5) is 26.2. The number of hydrogen-bond donors (Lipinski definition) is 0. The van der Waals surface area contributed by atoms with E-state index in [0.717, 1.165) is 42.9 Å². The SMILES string of the molecule is CCCCCCCCSCSCCCCCCC[C@@H](C(=O)CCCCCCCC)C(=O)SCSCCCCCCCC. The minimum atomic E-state index is -0.362. The van der Waals surface area contributed by atoms with Gasteiger partial charge in [0.05, 0.1) is 5.92 Å². The van der Waals surface area contributed by atoms with Gasteiger partial charge in [-0.1, -0.05) is 155 Å². The van der Waals surface area contributed by atoms with Crippen LogP contribution in [0.15, 0.2) is 0 Å². The third-order valence-electron chi connectivity index (χ3n) is 7.97. The molecule has 0 aromatic rings. The molecule has 2 nitrogen and oxygen atoms in total. The van der Waals surface area contributed by atoms with E-state index < -0.39 is 0 Å². The fourth-order valence-electron chi connectivity index (χ4n) is 5.15. The highest BCUT2D eigenvalue weighted by Gasteiger charge is 2.25. The molecule has 0 fully saturated rings. The maximum Gasteiger partial charge on any atom is 0.200 e. The van der Waals surface area contributed by atoms with Crippen LogP contribution in [0.25, 0.3) is 0 Å². The van der Waals surface area contributed by atoms with Gasteiger partial charge in [-0.05, 0) is 49.4 Å². The normalized spacial score (nSPS) is 12.2. The molecule has 0 saturated heterocycles. The molecular formula is C36H70O2S4. The summed E-state index contributed by atoms with van der Waals surface area (Å²) in [7, 11) is 0. The molecule has 42 heavy (non-hydrogen) atoms. The summed E-state index contributed by atoms with van der Waals surface area (Å²) in [5, 5.41) is 2.20. The first-order chi connectivity index (χ1) is 20.7. The summed E-state index contributed by atoms with van der Waals surface area (Å²) >= 11 is 7.52. The van der Waals surface area contributed by atoms with Gasteiger partial charge in [-0.25, -0.2) is 0 Å². The topological polar surface area (TPSA) is 34.1 Å². The Bertz CT molecular complexity index is 573. The van der Waals surface area contributed by atoms with Crippen molar-refractivity contribution in [2.45, 2.75) is 181 Å². The van der Waals surface area contributed by atoms with Gasteiger partial charge in [-0.15, -0.1) is 0 Å². The van der Waals surface area contributed by atoms with Crippen molar-refractivity contribution in [3.8, 4) is 0 Å². The van der Waals surface area contributed by atoms with Crippen molar-refractivity contribution in [3.63, 3.8) is 0 Å². The standard InChI is InChI=1S/C36H70O2S4/c1-4-7-10-13-18-23-28-35(37)34(36(38)42-33-41-31-26-20-15-12-9-6-3)27-22-17-16-21-25-30-40-32-39-29-24-19-14-11-8-5-2/h34H,4-33H2,1-3H3/t34-/m0/s1. The number of thioether (sulfide) groups is 4. The minimum Gasteiger partial charge on any atom is -0.299 e. The monoisotopic (exact) mass is 662 g/mol. The molecule has 0 aromatic heterocycles. The lowest BCUT2D eigenvalue weighted by molar-refractivity contribution is -0.129. The highest BCUT2D eigenvalue weighted by Crippen LogP contribution is 2.25. The maximum absolute atomic E-state index is 13.1. The van der Waals surface area contributed by atoms with Gasteiger partial charge in [0, 0.05) is 16.6 Å². The highest BCUT2D eigenvalue weighted by atomic mass is 32.2. The third-order valence-corrected chi connectivity index (χ3v) is 12.7. The summed E-state index contributed by atoms with van der Waals surface area (Å²) in [6.45, 7) is 6.78. The predicted octanol–water partition coefficient (Wildman–Crippen LogP) is 13.4. The van der Waals surface area contributed by atoms with Crippen LogP contribution < -0.4 is 0 Å². The summed E-state index contributed by atoms with van der Waals surface area (Å²) in [5.74, 6) is 3.60. The first kappa shape index (κ1) is 42.7. The van der Waals surface area contributed by atoms with Crippen molar-refractivity contribution < 1.29 is 9.59 Å². The lowest BCUT2D eigenvalue weighted by atomic mass is 9.94. The molecule has 0 amide bonds. The molecule has 0 aliphatic carbocycles. The second-order valence-electron chi connectivity index (χ2n) is 12.1. The van der Waals surface area contributed by atoms with E-state index in [0.29, 0.717) is 6.42 Å². The fraction of sp³-hybridized carbons (Fsp3) is 0.944. The zero-order chi connectivity index (χ0) is 30.8. The van der Waals surface area contributed by atoms with E-state index in [2.05, 4.69) is 44.3 Å². The number of hydrogen-bond acceptors (Lipinski definition) is 6. The Morgan fingerprint density at radius 2 is 0.833 bits per heavy atom. The lowest BCUT2D eigenvalue weighted by Crippen LogP contribution is -2.22. The van der Waals surface area contributed by atoms with Crippen molar-refractivity contribution in [2.24, 2.45) is 5.92 Å². The lowest BCUT2D eigenvalue weighted by Gasteiger charge is -2.14. The van der Waals surface area contributed by atoms with Gasteiger partial charge in [0.2, 0.25) is 0 Å². The molecule has 6 heteroatoms. The average molecular weight is 663 g/mol. The van der Waals surface area contributed by atoms with Gasteiger partial charge < -0.3 is 0 Å². The first-order valence-corrected chi connectivity index (χ1v) is 22.5. The fourth-order valence-corrected chi connectivity index (χ4v) is 9.51. The molecule has 0 unspecified atom stereocenters. The van der Waals surface area contributed by atoms with Crippen LogP contribution in [0.1, 0.15) is 181 Å². The van der Waals surface area contributed by atoms with Crippen LogP contribution >= 0.6 is 47.0 Å². The zero-order valence-electron chi connectivity index (χ0n) is 28.2. The molecule has 250 valence electrons. The molecular weight excluding hydrogens is 593 g/mol. The second kappa shape index (κ2) is 36.2. The third kappa shape index (κ3) is 30.8. The van der Waals surface area contributed by atoms with Gasteiger partial charge in [-0.2, -0.15) is 35.3 Å². The minimum absolute atomic E-state index is 0.149. The van der Waals surface area contributed by atoms with E-state index in [-0.39, 0.29) is 16.8 Å². The molecule has 0 heterocycles. The Morgan fingerprint density at radius 3 is 1.31 bits per heavy atom. The molecule has 0 radical (unpaired) electrons. The van der Waals surface area contributed by atoms with Crippen molar-refractivity contribution in [2.75, 3.05) is 27.4 Å². The van der Waals surface area contributed by atoms with E-state index in [1.54, 1.807) is 0 Å². The second-order valence-corrected chi connectivity index (χ2v) is 17.1. The molecule has 0 N–H and O–H groups in total. The molecule has 0 spiro atoms. The maximum atomic E-state index is 13.1. The van der Waals surface area contributed by atoms with E-state index in [1.165, 1.54) is 150 Å². The van der Waals surface area contributed by atoms with Gasteiger partial charge in [0.1, 0.15) is 5.78 Å². The Labute approximate surface area is 280 Å². The van der Waals surface area contributed by atoms with Crippen LogP contribution in [-0.4, -0.2) is 38.3 Å². The van der Waals surface area contributed by atoms with Gasteiger partial charge in [0.15, 0.2) is 5.12 Å². The molecule has 0 aromatic carbocycles. The quantitative estimate of drug-likeness (QED) is 0.0382. The predicted molar refractivity (Wildman–Crippen MR) is 201 cm³/mol. The molecule has 0 bridgehead atoms. The van der Waals surface area contributed by atoms with Crippen molar-refractivity contribution in [1.82, 2.24) is 0 Å². The van der Waals surface area contributed by atoms with Crippen LogP contribution in [-0.2, 0) is 9.59 Å². The highest BCUT2D eigenvalue weighted by molar-refractivity contribution is 8.23. The van der Waals surface area contributed by atoms with Crippen molar-refractivity contribution in [3.05, 3.63) is 0 Å². The van der Waals surface area contributed by atoms with E-state index >= 15 is 0 Å². The summed E-state index contributed by atoms with van der Waals surface area (Å²) in [6, 6.07) is 0. The number of Topliss-reactive ketones (excluding diaryl/α,β-unsaturated/α-hetero) is 1. The van der Waals surface area contributed by atoms with Crippen molar-refractivity contribution >= 4 is 57.9 Å². The number of carbonyl (C=O) groups excluding carboxylic acids is 2. The first-order valence-electron chi connectivity index (χ1n) is 18.1. The number of rotatable bonds is 35. The largest absolute Gasteiger partial charge is 0.299 e. The van der Waals surface area contributed by atoms with Gasteiger partial charge in [0.25, 0.3) is 0 Å². The van der Waals surface area contributed by atoms with Crippen LogP contribution in [0, 0.1) is 5.92 Å². The van der Waals surface area contributed by atoms with Crippen LogP contribution in [0.2, 0.25) is 0 Å². The van der Waals surface area contributed by atoms with E-state index in [1.807, 2.05) is 11.8 Å². The Morgan fingerprint density at radius 1 is 0.452 bits per heavy atom. The zero-order valence-corrected chi connectivity index (χ0v) is 31.5. The number of ketones is 1. The van der Waals surface area contributed by atoms with Crippen LogP contribution in [0.3, 0.4) is 0 Å². The molecule has 0 rings (SSSR count). The van der Waals surface area contributed by atoms with E-state index in [9.17, 15) is 9.59 Å². The van der Waals surface area contributed by atoms with Crippen LogP contribution in [0.5, 0.6) is 0 Å². The summed E-state index contributed by atoms with van der Waals surface area (Å²) < 4.78 is 0. The van der Waals surface area contributed by atoms with E-state index in [4.69, 9.17) is 0 Å². The van der Waals surface area contributed by atoms with Crippen molar-refractivity contribution in [1.29, 1.82) is 0 Å². The molecule has 1 atom stereocenters. The molecule has 0 aliphatic heterocycles. The summed E-state index contributed by atoms with van der Waals surface area (Å²) in [5.41, 5.74) is 0. The Balaban J connectivity index is 4.07. The Hall–Kier alpha value is 0.740. The number of carbonyl (C=O) groups is 2. The van der Waals surface area contributed by atoms with Gasteiger partial charge in [-0.3, -0.25) is 9.59 Å². The van der Waals surface area contributed by atoms with Crippen LogP contribution in [0.4, 0.5) is 0 Å². The van der Waals surface area contributed by atoms with Gasteiger partial charge >= 0.3 is 0 Å². The summed E-state index contributed by atoms with van der Waals surface area (Å²) in [6.07, 6.45) is 30.7. The smallest absolute Gasteiger partial charge is 0.200 e. The molecule has 0 aliphatic rings. The Kier molecular flexibility index (Phi) is 36.8. The number of unbranched alkanes of at least 4 members (excludes halogenated alkanes) is 19.